The molecule has 29 heavy (non-hydrogen) atoms. The fraction of sp³-hybridized carbons (Fsp3) is 0.280. The van der Waals surface area contributed by atoms with Gasteiger partial charge >= 0.3 is 0 Å². The second-order valence-corrected chi connectivity index (χ2v) is 8.20. The van der Waals surface area contributed by atoms with Gasteiger partial charge in [-0.05, 0) is 63.9 Å². The lowest BCUT2D eigenvalue weighted by molar-refractivity contribution is -0.157. The van der Waals surface area contributed by atoms with E-state index in [1.54, 1.807) is 13.8 Å². The van der Waals surface area contributed by atoms with Gasteiger partial charge in [-0.1, -0.05) is 54.6 Å². The van der Waals surface area contributed by atoms with Crippen molar-refractivity contribution in [2.45, 2.75) is 37.9 Å². The van der Waals surface area contributed by atoms with Crippen molar-refractivity contribution < 1.29 is 19.7 Å². The summed E-state index contributed by atoms with van der Waals surface area (Å²) in [5.74, 6) is -0.845. The highest BCUT2D eigenvalue weighted by atomic mass is 16.8. The molecule has 1 aliphatic heterocycles. The SMILES string of the molecule is CC1(C)OC(CO)C(C(O)c2cccc3ccc4cc5ccccc5cc4c23)O1. The zero-order valence-electron chi connectivity index (χ0n) is 16.5. The van der Waals surface area contributed by atoms with Gasteiger partial charge in [0, 0.05) is 0 Å². The molecule has 1 aliphatic rings. The molecule has 5 rings (SSSR count). The smallest absolute Gasteiger partial charge is 0.164 e. The van der Waals surface area contributed by atoms with Crippen molar-refractivity contribution >= 4 is 32.3 Å². The maximum Gasteiger partial charge on any atom is 0.164 e. The van der Waals surface area contributed by atoms with Crippen molar-refractivity contribution in [3.8, 4) is 0 Å². The maximum atomic E-state index is 11.3. The van der Waals surface area contributed by atoms with Crippen LogP contribution in [0.2, 0.25) is 0 Å². The van der Waals surface area contributed by atoms with Crippen LogP contribution in [0.3, 0.4) is 0 Å². The number of fused-ring (bicyclic) bond motifs is 4. The molecule has 1 fully saturated rings. The minimum absolute atomic E-state index is 0.207. The summed E-state index contributed by atoms with van der Waals surface area (Å²) in [4.78, 5) is 0. The second kappa shape index (κ2) is 6.78. The van der Waals surface area contributed by atoms with E-state index >= 15 is 0 Å². The molecule has 4 aromatic carbocycles. The third-order valence-corrected chi connectivity index (χ3v) is 5.79. The van der Waals surface area contributed by atoms with Crippen molar-refractivity contribution in [3.63, 3.8) is 0 Å². The highest BCUT2D eigenvalue weighted by Gasteiger charge is 2.45. The standard InChI is InChI=1S/C25H24O4/c1-25(2)28-21(14-26)24(29-25)23(27)19-9-5-8-15-10-11-18-12-16-6-3-4-7-17(16)13-20(18)22(15)19/h3-13,21,23-24,26-27H,14H2,1-2H3. The van der Waals surface area contributed by atoms with Crippen molar-refractivity contribution in [3.05, 3.63) is 72.3 Å². The van der Waals surface area contributed by atoms with Crippen LogP contribution in [-0.2, 0) is 9.47 Å². The van der Waals surface area contributed by atoms with Gasteiger partial charge in [0.1, 0.15) is 18.3 Å². The van der Waals surface area contributed by atoms with E-state index in [9.17, 15) is 10.2 Å². The van der Waals surface area contributed by atoms with E-state index in [1.807, 2.05) is 24.3 Å². The highest BCUT2D eigenvalue weighted by molar-refractivity contribution is 6.13. The summed E-state index contributed by atoms with van der Waals surface area (Å²) in [6, 6.07) is 22.8. The number of benzene rings is 4. The van der Waals surface area contributed by atoms with Crippen LogP contribution in [0.1, 0.15) is 25.5 Å². The molecular weight excluding hydrogens is 364 g/mol. The summed E-state index contributed by atoms with van der Waals surface area (Å²) < 4.78 is 11.7. The molecule has 3 unspecified atom stereocenters. The molecule has 4 aromatic rings. The first-order chi connectivity index (χ1) is 14.0. The fourth-order valence-corrected chi connectivity index (χ4v) is 4.53. The zero-order chi connectivity index (χ0) is 20.2. The number of rotatable bonds is 3. The molecule has 1 saturated heterocycles. The van der Waals surface area contributed by atoms with E-state index < -0.39 is 24.1 Å². The molecule has 0 radical (unpaired) electrons. The number of hydrogen-bond donors (Lipinski definition) is 2. The van der Waals surface area contributed by atoms with Gasteiger partial charge in [-0.2, -0.15) is 0 Å². The zero-order valence-corrected chi connectivity index (χ0v) is 16.5. The second-order valence-electron chi connectivity index (χ2n) is 8.20. The van der Waals surface area contributed by atoms with Crippen LogP contribution >= 0.6 is 0 Å². The average Bonchev–Trinajstić information content (AvgIpc) is 3.05. The Hall–Kier alpha value is -2.50. The molecule has 3 atom stereocenters. The molecule has 4 heteroatoms. The monoisotopic (exact) mass is 388 g/mol. The summed E-state index contributed by atoms with van der Waals surface area (Å²) in [5.41, 5.74) is 0.785. The van der Waals surface area contributed by atoms with E-state index in [4.69, 9.17) is 9.47 Å². The first kappa shape index (κ1) is 18.5. The van der Waals surface area contributed by atoms with Crippen molar-refractivity contribution in [1.29, 1.82) is 0 Å². The van der Waals surface area contributed by atoms with Crippen LogP contribution in [0.5, 0.6) is 0 Å². The predicted octanol–water partition coefficient (Wildman–Crippen LogP) is 4.69. The molecule has 0 bridgehead atoms. The summed E-state index contributed by atoms with van der Waals surface area (Å²) >= 11 is 0. The predicted molar refractivity (Wildman–Crippen MR) is 115 cm³/mol. The Morgan fingerprint density at radius 3 is 2.31 bits per heavy atom. The molecule has 1 heterocycles. The van der Waals surface area contributed by atoms with E-state index in [0.717, 1.165) is 32.5 Å². The molecule has 2 N–H and O–H groups in total. The van der Waals surface area contributed by atoms with Crippen molar-refractivity contribution in [2.24, 2.45) is 0 Å². The molecule has 148 valence electrons. The maximum absolute atomic E-state index is 11.3. The van der Waals surface area contributed by atoms with E-state index in [0.29, 0.717) is 0 Å². The summed E-state index contributed by atoms with van der Waals surface area (Å²) in [6.07, 6.45) is -2.14. The normalized spacial score (nSPS) is 22.5. The molecule has 0 saturated carbocycles. The van der Waals surface area contributed by atoms with Crippen molar-refractivity contribution in [2.75, 3.05) is 6.61 Å². The third kappa shape index (κ3) is 3.09. The van der Waals surface area contributed by atoms with E-state index in [2.05, 4.69) is 42.5 Å². The Morgan fingerprint density at radius 1 is 0.862 bits per heavy atom. The molecule has 4 nitrogen and oxygen atoms in total. The van der Waals surface area contributed by atoms with E-state index in [-0.39, 0.29) is 6.61 Å². The van der Waals surface area contributed by atoms with Crippen LogP contribution in [0, 0.1) is 0 Å². The number of ether oxygens (including phenoxy) is 2. The Balaban J connectivity index is 1.73. The number of hydrogen-bond acceptors (Lipinski definition) is 4. The van der Waals surface area contributed by atoms with Gasteiger partial charge < -0.3 is 19.7 Å². The van der Waals surface area contributed by atoms with Crippen LogP contribution in [0.15, 0.2) is 66.7 Å². The average molecular weight is 388 g/mol. The van der Waals surface area contributed by atoms with Crippen LogP contribution in [0.4, 0.5) is 0 Å². The summed E-state index contributed by atoms with van der Waals surface area (Å²) in [5, 5.41) is 27.7. The first-order valence-electron chi connectivity index (χ1n) is 9.95. The van der Waals surface area contributed by atoms with E-state index in [1.165, 1.54) is 5.39 Å². The largest absolute Gasteiger partial charge is 0.394 e. The Morgan fingerprint density at radius 2 is 1.55 bits per heavy atom. The molecular formula is C25H24O4. The summed E-state index contributed by atoms with van der Waals surface area (Å²) in [7, 11) is 0. The topological polar surface area (TPSA) is 58.9 Å². The number of aliphatic hydroxyl groups excluding tert-OH is 2. The Kier molecular flexibility index (Phi) is 4.33. The summed E-state index contributed by atoms with van der Waals surface area (Å²) in [6.45, 7) is 3.39. The first-order valence-corrected chi connectivity index (χ1v) is 9.95. The molecule has 0 spiro atoms. The molecule has 0 aromatic heterocycles. The fourth-order valence-electron chi connectivity index (χ4n) is 4.53. The van der Waals surface area contributed by atoms with Crippen LogP contribution in [-0.4, -0.2) is 34.8 Å². The van der Waals surface area contributed by atoms with Gasteiger partial charge in [0.15, 0.2) is 5.79 Å². The lowest BCUT2D eigenvalue weighted by Gasteiger charge is -2.24. The van der Waals surface area contributed by atoms with Crippen molar-refractivity contribution in [1.82, 2.24) is 0 Å². The quantitative estimate of drug-likeness (QED) is 0.395. The minimum Gasteiger partial charge on any atom is -0.394 e. The van der Waals surface area contributed by atoms with Gasteiger partial charge in [-0.25, -0.2) is 0 Å². The lowest BCUT2D eigenvalue weighted by Crippen LogP contribution is -2.32. The van der Waals surface area contributed by atoms with Gasteiger partial charge in [-0.15, -0.1) is 0 Å². The Bertz CT molecular complexity index is 1210. The van der Waals surface area contributed by atoms with Gasteiger partial charge in [0.2, 0.25) is 0 Å². The van der Waals surface area contributed by atoms with Crippen LogP contribution < -0.4 is 0 Å². The molecule has 0 aliphatic carbocycles. The van der Waals surface area contributed by atoms with Gasteiger partial charge in [-0.3, -0.25) is 0 Å². The highest BCUT2D eigenvalue weighted by Crippen LogP contribution is 2.39. The van der Waals surface area contributed by atoms with Crippen LogP contribution in [0.25, 0.3) is 32.3 Å². The van der Waals surface area contributed by atoms with Gasteiger partial charge in [0.05, 0.1) is 6.61 Å². The minimum atomic E-state index is -0.922. The number of aliphatic hydroxyl groups is 2. The lowest BCUT2D eigenvalue weighted by atomic mass is 9.91. The Labute approximate surface area is 169 Å². The third-order valence-electron chi connectivity index (χ3n) is 5.79. The molecule has 0 amide bonds. The van der Waals surface area contributed by atoms with Gasteiger partial charge in [0.25, 0.3) is 0 Å².